The van der Waals surface area contributed by atoms with Crippen LogP contribution < -0.4 is 14.9 Å². The number of aliphatic hydroxyl groups excluding tert-OH is 1. The van der Waals surface area contributed by atoms with Crippen LogP contribution in [-0.2, 0) is 26.0 Å². The lowest BCUT2D eigenvalue weighted by molar-refractivity contribution is -0.136. The van der Waals surface area contributed by atoms with Crippen LogP contribution in [0.5, 0.6) is 0 Å². The summed E-state index contributed by atoms with van der Waals surface area (Å²) in [7, 11) is -3.34. The van der Waals surface area contributed by atoms with E-state index < -0.39 is 27.9 Å². The number of anilines is 2. The average Bonchev–Trinajstić information content (AvgIpc) is 3.07. The number of hydrogen-bond acceptors (Lipinski definition) is 5. The Bertz CT molecular complexity index is 979. The van der Waals surface area contributed by atoms with Gasteiger partial charge in [0.05, 0.1) is 24.1 Å². The van der Waals surface area contributed by atoms with Gasteiger partial charge in [0.2, 0.25) is 10.0 Å². The molecule has 1 atom stereocenters. The second kappa shape index (κ2) is 9.06. The Balaban J connectivity index is 1.62. The average molecular weight is 417 g/mol. The van der Waals surface area contributed by atoms with Gasteiger partial charge in [0.1, 0.15) is 0 Å². The van der Waals surface area contributed by atoms with Crippen LogP contribution >= 0.6 is 0 Å². The standard InChI is InChI=1S/C20H23N3O5S/c24-14-17(12-15-6-2-1-3-7-15)22-20(26)19(25)21-16-8-4-9-18(13-16)23-10-5-11-29(23,27)28/h1-4,6-9,13,17,24H,5,10-12,14H2,(H,21,25)(H,22,26)/t17-/m1/s1. The zero-order valence-corrected chi connectivity index (χ0v) is 16.6. The molecule has 9 heteroatoms. The van der Waals surface area contributed by atoms with Gasteiger partial charge >= 0.3 is 11.8 Å². The number of carbonyl (C=O) groups excluding carboxylic acids is 2. The van der Waals surface area contributed by atoms with E-state index in [4.69, 9.17) is 0 Å². The minimum absolute atomic E-state index is 0.0932. The predicted molar refractivity (Wildman–Crippen MR) is 110 cm³/mol. The maximum Gasteiger partial charge on any atom is 0.313 e. The van der Waals surface area contributed by atoms with E-state index in [-0.39, 0.29) is 12.4 Å². The van der Waals surface area contributed by atoms with Crippen LogP contribution in [0.1, 0.15) is 12.0 Å². The van der Waals surface area contributed by atoms with Gasteiger partial charge in [-0.3, -0.25) is 13.9 Å². The summed E-state index contributed by atoms with van der Waals surface area (Å²) in [5.41, 5.74) is 1.68. The Kier molecular flexibility index (Phi) is 6.50. The molecule has 3 N–H and O–H groups in total. The maximum absolute atomic E-state index is 12.2. The van der Waals surface area contributed by atoms with Crippen LogP contribution in [0.2, 0.25) is 0 Å². The third-order valence-electron chi connectivity index (χ3n) is 4.58. The van der Waals surface area contributed by atoms with E-state index >= 15 is 0 Å². The van der Waals surface area contributed by atoms with Gasteiger partial charge in [0.15, 0.2) is 0 Å². The van der Waals surface area contributed by atoms with E-state index in [1.165, 1.54) is 10.4 Å². The first kappa shape index (κ1) is 20.8. The minimum atomic E-state index is -3.34. The Hall–Kier alpha value is -2.91. The van der Waals surface area contributed by atoms with Crippen molar-refractivity contribution in [2.75, 3.05) is 28.5 Å². The van der Waals surface area contributed by atoms with E-state index in [9.17, 15) is 23.1 Å². The van der Waals surface area contributed by atoms with Crippen molar-refractivity contribution in [3.8, 4) is 0 Å². The first-order chi connectivity index (χ1) is 13.9. The summed E-state index contributed by atoms with van der Waals surface area (Å²) in [6, 6.07) is 15.1. The molecular formula is C20H23N3O5S. The number of hydrogen-bond donors (Lipinski definition) is 3. The molecule has 0 spiro atoms. The molecule has 29 heavy (non-hydrogen) atoms. The summed E-state index contributed by atoms with van der Waals surface area (Å²) in [5.74, 6) is -1.67. The van der Waals surface area contributed by atoms with Gasteiger partial charge in [-0.15, -0.1) is 0 Å². The van der Waals surface area contributed by atoms with Gasteiger partial charge in [-0.25, -0.2) is 8.42 Å². The van der Waals surface area contributed by atoms with Gasteiger partial charge in [-0.1, -0.05) is 36.4 Å². The molecule has 3 rings (SSSR count). The van der Waals surface area contributed by atoms with Gasteiger partial charge in [-0.2, -0.15) is 0 Å². The van der Waals surface area contributed by atoms with Crippen molar-refractivity contribution >= 4 is 33.2 Å². The highest BCUT2D eigenvalue weighted by atomic mass is 32.2. The van der Waals surface area contributed by atoms with Crippen molar-refractivity contribution in [2.45, 2.75) is 18.9 Å². The summed E-state index contributed by atoms with van der Waals surface area (Å²) in [5, 5.41) is 14.5. The highest BCUT2D eigenvalue weighted by Crippen LogP contribution is 2.26. The number of rotatable bonds is 6. The Morgan fingerprint density at radius 2 is 1.83 bits per heavy atom. The van der Waals surface area contributed by atoms with Crippen molar-refractivity contribution in [1.82, 2.24) is 5.32 Å². The van der Waals surface area contributed by atoms with Crippen LogP contribution in [0.3, 0.4) is 0 Å². The van der Waals surface area contributed by atoms with E-state index in [2.05, 4.69) is 10.6 Å². The monoisotopic (exact) mass is 417 g/mol. The van der Waals surface area contributed by atoms with E-state index in [1.54, 1.807) is 18.2 Å². The largest absolute Gasteiger partial charge is 0.394 e. The lowest BCUT2D eigenvalue weighted by atomic mass is 10.1. The molecule has 8 nitrogen and oxygen atoms in total. The molecule has 0 aromatic heterocycles. The van der Waals surface area contributed by atoms with E-state index in [0.717, 1.165) is 5.56 Å². The second-order valence-electron chi connectivity index (χ2n) is 6.79. The number of amides is 2. The van der Waals surface area contributed by atoms with Crippen molar-refractivity contribution in [1.29, 1.82) is 0 Å². The molecule has 2 aromatic carbocycles. The van der Waals surface area contributed by atoms with Crippen LogP contribution in [0.15, 0.2) is 54.6 Å². The topological polar surface area (TPSA) is 116 Å². The summed E-state index contributed by atoms with van der Waals surface area (Å²) in [6.07, 6.45) is 0.934. The number of sulfonamides is 1. The second-order valence-corrected chi connectivity index (χ2v) is 8.80. The van der Waals surface area contributed by atoms with Gasteiger partial charge in [0, 0.05) is 12.2 Å². The maximum atomic E-state index is 12.2. The molecule has 1 aliphatic heterocycles. The first-order valence-corrected chi connectivity index (χ1v) is 10.9. The zero-order chi connectivity index (χ0) is 20.9. The van der Waals surface area contributed by atoms with Crippen molar-refractivity contribution < 1.29 is 23.1 Å². The fourth-order valence-corrected chi connectivity index (χ4v) is 4.72. The highest BCUT2D eigenvalue weighted by molar-refractivity contribution is 7.93. The molecule has 1 fully saturated rings. The molecule has 0 bridgehead atoms. The van der Waals surface area contributed by atoms with Crippen LogP contribution in [-0.4, -0.2) is 50.3 Å². The summed E-state index contributed by atoms with van der Waals surface area (Å²) in [6.45, 7) is 0.0775. The lowest BCUT2D eigenvalue weighted by Crippen LogP contribution is -2.44. The molecule has 0 radical (unpaired) electrons. The van der Waals surface area contributed by atoms with E-state index in [0.29, 0.717) is 30.8 Å². The number of carbonyl (C=O) groups is 2. The molecule has 154 valence electrons. The first-order valence-electron chi connectivity index (χ1n) is 9.26. The molecular weight excluding hydrogens is 394 g/mol. The molecule has 1 aliphatic rings. The fraction of sp³-hybridized carbons (Fsp3) is 0.300. The molecule has 2 amide bonds. The third-order valence-corrected chi connectivity index (χ3v) is 6.45. The Morgan fingerprint density at radius 3 is 2.48 bits per heavy atom. The van der Waals surface area contributed by atoms with E-state index in [1.807, 2.05) is 30.3 Å². The Morgan fingerprint density at radius 1 is 1.07 bits per heavy atom. The zero-order valence-electron chi connectivity index (χ0n) is 15.7. The highest BCUT2D eigenvalue weighted by Gasteiger charge is 2.28. The van der Waals surface area contributed by atoms with Gasteiger partial charge in [0.25, 0.3) is 0 Å². The third kappa shape index (κ3) is 5.33. The van der Waals surface area contributed by atoms with Crippen LogP contribution in [0.25, 0.3) is 0 Å². The number of benzene rings is 2. The summed E-state index contributed by atoms with van der Waals surface area (Å²) >= 11 is 0. The van der Waals surface area contributed by atoms with Crippen LogP contribution in [0, 0.1) is 0 Å². The number of nitrogens with one attached hydrogen (secondary N) is 2. The molecule has 2 aromatic rings. The SMILES string of the molecule is O=C(Nc1cccc(N2CCCS2(=O)=O)c1)C(=O)N[C@@H](CO)Cc1ccccc1. The van der Waals surface area contributed by atoms with Crippen molar-refractivity contribution in [3.63, 3.8) is 0 Å². The molecule has 0 aliphatic carbocycles. The number of nitrogens with zero attached hydrogens (tertiary/aromatic N) is 1. The van der Waals surface area contributed by atoms with Crippen LogP contribution in [0.4, 0.5) is 11.4 Å². The van der Waals surface area contributed by atoms with Crippen molar-refractivity contribution in [3.05, 3.63) is 60.2 Å². The molecule has 1 heterocycles. The molecule has 0 unspecified atom stereocenters. The summed E-state index contributed by atoms with van der Waals surface area (Å²) in [4.78, 5) is 24.5. The van der Waals surface area contributed by atoms with Gasteiger partial charge in [-0.05, 0) is 36.6 Å². The fourth-order valence-electron chi connectivity index (χ4n) is 3.17. The van der Waals surface area contributed by atoms with Crippen molar-refractivity contribution in [2.24, 2.45) is 0 Å². The smallest absolute Gasteiger partial charge is 0.313 e. The molecule has 1 saturated heterocycles. The quantitative estimate of drug-likeness (QED) is 0.604. The molecule has 0 saturated carbocycles. The predicted octanol–water partition coefficient (Wildman–Crippen LogP) is 0.885. The summed E-state index contributed by atoms with van der Waals surface area (Å²) < 4.78 is 25.4. The Labute approximate surface area is 169 Å². The normalized spacial score (nSPS) is 16.2. The number of aliphatic hydroxyl groups is 1. The lowest BCUT2D eigenvalue weighted by Gasteiger charge is -2.18. The minimum Gasteiger partial charge on any atom is -0.394 e. The van der Waals surface area contributed by atoms with Gasteiger partial charge < -0.3 is 15.7 Å².